The molecule has 1 fully saturated rings. The van der Waals surface area contributed by atoms with E-state index in [9.17, 15) is 0 Å². The molecule has 1 saturated heterocycles. The van der Waals surface area contributed by atoms with Crippen LogP contribution in [-0.4, -0.2) is 41.2 Å². The van der Waals surface area contributed by atoms with Crippen LogP contribution in [0.4, 0.5) is 0 Å². The minimum Gasteiger partial charge on any atom is -0.496 e. The molecule has 1 aromatic heterocycles. The van der Waals surface area contributed by atoms with Gasteiger partial charge in [0.1, 0.15) is 5.75 Å². The molecule has 1 unspecified atom stereocenters. The van der Waals surface area contributed by atoms with Gasteiger partial charge in [-0.2, -0.15) is 0 Å². The van der Waals surface area contributed by atoms with Crippen LogP contribution in [0.3, 0.4) is 0 Å². The van der Waals surface area contributed by atoms with Crippen LogP contribution in [-0.2, 0) is 6.54 Å². The highest BCUT2D eigenvalue weighted by Gasteiger charge is 2.26. The summed E-state index contributed by atoms with van der Waals surface area (Å²) in [6.45, 7) is 3.90. The average Bonchev–Trinajstić information content (AvgIpc) is 3.24. The van der Waals surface area contributed by atoms with Gasteiger partial charge in [-0.25, -0.2) is 4.98 Å². The molecule has 1 aliphatic rings. The standard InChI is InChI=1S/C21H24N4O/c1-26-21-5-3-2-4-19(21)20-14-22-10-12-24(20)15-17-6-8-18(9-7-17)25-13-11-23-16-25/h2-9,11,13,16,20,22H,10,12,14-15H2,1H3. The van der Waals surface area contributed by atoms with Gasteiger partial charge in [0.25, 0.3) is 0 Å². The number of methoxy groups -OCH3 is 1. The molecule has 0 bridgehead atoms. The predicted octanol–water partition coefficient (Wildman–Crippen LogP) is 3.03. The molecule has 134 valence electrons. The van der Waals surface area contributed by atoms with Crippen molar-refractivity contribution < 1.29 is 4.74 Å². The van der Waals surface area contributed by atoms with Gasteiger partial charge in [-0.1, -0.05) is 30.3 Å². The monoisotopic (exact) mass is 348 g/mol. The fraction of sp³-hybridized carbons (Fsp3) is 0.286. The molecule has 5 heteroatoms. The second-order valence-corrected chi connectivity index (χ2v) is 6.57. The number of ether oxygens (including phenoxy) is 1. The summed E-state index contributed by atoms with van der Waals surface area (Å²) >= 11 is 0. The number of hydrogen-bond acceptors (Lipinski definition) is 4. The van der Waals surface area contributed by atoms with E-state index in [0.717, 1.165) is 37.6 Å². The van der Waals surface area contributed by atoms with E-state index >= 15 is 0 Å². The van der Waals surface area contributed by atoms with Crippen molar-refractivity contribution in [3.63, 3.8) is 0 Å². The topological polar surface area (TPSA) is 42.3 Å². The Morgan fingerprint density at radius 2 is 2.00 bits per heavy atom. The quantitative estimate of drug-likeness (QED) is 0.770. The van der Waals surface area contributed by atoms with Gasteiger partial charge in [0.2, 0.25) is 0 Å². The largest absolute Gasteiger partial charge is 0.496 e. The predicted molar refractivity (Wildman–Crippen MR) is 103 cm³/mol. The SMILES string of the molecule is COc1ccccc1C1CNCCN1Cc1ccc(-n2ccnc2)cc1. The second kappa shape index (κ2) is 7.72. The Morgan fingerprint density at radius 1 is 1.15 bits per heavy atom. The zero-order valence-electron chi connectivity index (χ0n) is 15.0. The molecule has 3 aromatic rings. The molecule has 5 nitrogen and oxygen atoms in total. The first-order valence-corrected chi connectivity index (χ1v) is 9.00. The molecule has 26 heavy (non-hydrogen) atoms. The van der Waals surface area contributed by atoms with E-state index in [1.54, 1.807) is 13.3 Å². The molecule has 0 spiro atoms. The molecule has 1 N–H and O–H groups in total. The summed E-state index contributed by atoms with van der Waals surface area (Å²) in [7, 11) is 1.74. The number of aromatic nitrogens is 2. The first-order chi connectivity index (χ1) is 12.8. The Balaban J connectivity index is 1.53. The van der Waals surface area contributed by atoms with Gasteiger partial charge < -0.3 is 14.6 Å². The molecule has 0 aliphatic carbocycles. The lowest BCUT2D eigenvalue weighted by molar-refractivity contribution is 0.151. The van der Waals surface area contributed by atoms with Crippen molar-refractivity contribution in [3.8, 4) is 11.4 Å². The number of benzene rings is 2. The number of imidazole rings is 1. The van der Waals surface area contributed by atoms with Crippen LogP contribution in [0.5, 0.6) is 5.75 Å². The zero-order valence-corrected chi connectivity index (χ0v) is 15.0. The molecular weight excluding hydrogens is 324 g/mol. The number of nitrogens with zero attached hydrogens (tertiary/aromatic N) is 3. The fourth-order valence-corrected chi connectivity index (χ4v) is 3.60. The fourth-order valence-electron chi connectivity index (χ4n) is 3.60. The summed E-state index contributed by atoms with van der Waals surface area (Å²) in [6.07, 6.45) is 5.58. The van der Waals surface area contributed by atoms with E-state index in [4.69, 9.17) is 4.74 Å². The van der Waals surface area contributed by atoms with Gasteiger partial charge in [0.05, 0.1) is 19.5 Å². The third-order valence-electron chi connectivity index (χ3n) is 4.98. The van der Waals surface area contributed by atoms with Crippen LogP contribution in [0.1, 0.15) is 17.2 Å². The van der Waals surface area contributed by atoms with E-state index in [1.165, 1.54) is 11.1 Å². The Labute approximate surface area is 154 Å². The van der Waals surface area contributed by atoms with Crippen molar-refractivity contribution in [1.29, 1.82) is 0 Å². The minimum atomic E-state index is 0.313. The van der Waals surface area contributed by atoms with Crippen LogP contribution < -0.4 is 10.1 Å². The van der Waals surface area contributed by atoms with Gasteiger partial charge in [0.15, 0.2) is 0 Å². The highest BCUT2D eigenvalue weighted by Crippen LogP contribution is 2.31. The van der Waals surface area contributed by atoms with Crippen molar-refractivity contribution in [3.05, 3.63) is 78.4 Å². The maximum atomic E-state index is 5.59. The van der Waals surface area contributed by atoms with E-state index in [1.807, 2.05) is 29.2 Å². The summed E-state index contributed by atoms with van der Waals surface area (Å²) in [5.41, 5.74) is 3.70. The first kappa shape index (κ1) is 16.8. The van der Waals surface area contributed by atoms with Gasteiger partial charge in [0, 0.05) is 49.8 Å². The summed E-state index contributed by atoms with van der Waals surface area (Å²) < 4.78 is 7.61. The lowest BCUT2D eigenvalue weighted by atomic mass is 10.0. The van der Waals surface area contributed by atoms with Crippen molar-refractivity contribution >= 4 is 0 Å². The molecule has 0 amide bonds. The van der Waals surface area contributed by atoms with Gasteiger partial charge in [-0.05, 0) is 23.8 Å². The number of hydrogen-bond donors (Lipinski definition) is 1. The summed E-state index contributed by atoms with van der Waals surface area (Å²) in [5, 5.41) is 3.52. The number of para-hydroxylation sites is 1. The third-order valence-corrected chi connectivity index (χ3v) is 4.98. The van der Waals surface area contributed by atoms with Crippen molar-refractivity contribution in [2.45, 2.75) is 12.6 Å². The zero-order chi connectivity index (χ0) is 17.8. The number of piperazine rings is 1. The normalized spacial score (nSPS) is 18.0. The molecule has 0 radical (unpaired) electrons. The lowest BCUT2D eigenvalue weighted by Gasteiger charge is -2.37. The summed E-state index contributed by atoms with van der Waals surface area (Å²) in [5.74, 6) is 0.960. The summed E-state index contributed by atoms with van der Waals surface area (Å²) in [4.78, 5) is 6.64. The molecule has 2 heterocycles. The van der Waals surface area contributed by atoms with Crippen LogP contribution >= 0.6 is 0 Å². The van der Waals surface area contributed by atoms with Crippen molar-refractivity contribution in [2.75, 3.05) is 26.7 Å². The second-order valence-electron chi connectivity index (χ2n) is 6.57. The molecule has 1 atom stereocenters. The first-order valence-electron chi connectivity index (χ1n) is 9.00. The van der Waals surface area contributed by atoms with Gasteiger partial charge in [-0.15, -0.1) is 0 Å². The van der Waals surface area contributed by atoms with Crippen LogP contribution in [0.2, 0.25) is 0 Å². The van der Waals surface area contributed by atoms with Crippen LogP contribution in [0.25, 0.3) is 5.69 Å². The van der Waals surface area contributed by atoms with Gasteiger partial charge >= 0.3 is 0 Å². The molecular formula is C21H24N4O. The van der Waals surface area contributed by atoms with Crippen molar-refractivity contribution in [1.82, 2.24) is 19.8 Å². The van der Waals surface area contributed by atoms with E-state index in [2.05, 4.69) is 51.6 Å². The Bertz CT molecular complexity index is 829. The minimum absolute atomic E-state index is 0.313. The Morgan fingerprint density at radius 3 is 2.77 bits per heavy atom. The highest BCUT2D eigenvalue weighted by molar-refractivity contribution is 5.37. The molecule has 4 rings (SSSR count). The molecule has 2 aromatic carbocycles. The summed E-state index contributed by atoms with van der Waals surface area (Å²) in [6, 6.07) is 17.4. The van der Waals surface area contributed by atoms with E-state index < -0.39 is 0 Å². The van der Waals surface area contributed by atoms with Crippen LogP contribution in [0.15, 0.2) is 67.3 Å². The maximum Gasteiger partial charge on any atom is 0.123 e. The Kier molecular flexibility index (Phi) is 5.00. The number of nitrogens with one attached hydrogen (secondary N) is 1. The van der Waals surface area contributed by atoms with E-state index in [-0.39, 0.29) is 0 Å². The molecule has 0 saturated carbocycles. The lowest BCUT2D eigenvalue weighted by Crippen LogP contribution is -2.45. The van der Waals surface area contributed by atoms with E-state index in [0.29, 0.717) is 6.04 Å². The van der Waals surface area contributed by atoms with Gasteiger partial charge in [-0.3, -0.25) is 4.90 Å². The smallest absolute Gasteiger partial charge is 0.123 e. The molecule has 1 aliphatic heterocycles. The van der Waals surface area contributed by atoms with Crippen molar-refractivity contribution in [2.24, 2.45) is 0 Å². The Hall–Kier alpha value is -2.63. The number of rotatable bonds is 5. The van der Waals surface area contributed by atoms with Crippen LogP contribution in [0, 0.1) is 0 Å². The maximum absolute atomic E-state index is 5.59. The highest BCUT2D eigenvalue weighted by atomic mass is 16.5. The third kappa shape index (κ3) is 3.49. The average molecular weight is 348 g/mol.